The van der Waals surface area contributed by atoms with Crippen LogP contribution in [0.5, 0.6) is 0 Å². The van der Waals surface area contributed by atoms with Crippen molar-refractivity contribution in [1.82, 2.24) is 20.2 Å². The number of anilines is 1. The van der Waals surface area contributed by atoms with Gasteiger partial charge in [0.05, 0.1) is 0 Å². The van der Waals surface area contributed by atoms with Gasteiger partial charge in [0, 0.05) is 22.8 Å². The Balaban J connectivity index is 1.86. The molecule has 3 rings (SSSR count). The molecule has 1 aromatic heterocycles. The first-order valence-corrected chi connectivity index (χ1v) is 7.84. The van der Waals surface area contributed by atoms with Gasteiger partial charge in [-0.25, -0.2) is 4.68 Å². The third kappa shape index (κ3) is 3.18. The third-order valence-electron chi connectivity index (χ3n) is 4.41. The molecule has 1 saturated carbocycles. The molecule has 6 heteroatoms. The minimum Gasteiger partial charge on any atom is -0.399 e. The number of nitrogen functional groups attached to an aromatic ring is 1. The van der Waals surface area contributed by atoms with Crippen LogP contribution in [0.25, 0.3) is 11.4 Å². The Labute approximate surface area is 129 Å². The standard InChI is InChI=1S/C15H20ClN5/c1-10-4-2-3-5-11(10)9-21-15(18-19-20-21)12-6-13(16)8-14(17)7-12/h6-8,10-11H,2-5,9,17H2,1H3. The molecule has 21 heavy (non-hydrogen) atoms. The topological polar surface area (TPSA) is 69.6 Å². The fourth-order valence-corrected chi connectivity index (χ4v) is 3.41. The van der Waals surface area contributed by atoms with Gasteiger partial charge in [-0.2, -0.15) is 0 Å². The van der Waals surface area contributed by atoms with Crippen LogP contribution in [-0.2, 0) is 6.54 Å². The maximum Gasteiger partial charge on any atom is 0.182 e. The van der Waals surface area contributed by atoms with Gasteiger partial charge in [0.15, 0.2) is 5.82 Å². The van der Waals surface area contributed by atoms with Gasteiger partial charge in [0.2, 0.25) is 0 Å². The Morgan fingerprint density at radius 1 is 1.29 bits per heavy atom. The van der Waals surface area contributed by atoms with Crippen molar-refractivity contribution < 1.29 is 0 Å². The molecular formula is C15H20ClN5. The van der Waals surface area contributed by atoms with Crippen LogP contribution in [0.4, 0.5) is 5.69 Å². The molecule has 0 spiro atoms. The summed E-state index contributed by atoms with van der Waals surface area (Å²) < 4.78 is 1.89. The van der Waals surface area contributed by atoms with Crippen molar-refractivity contribution in [3.05, 3.63) is 23.2 Å². The van der Waals surface area contributed by atoms with Crippen molar-refractivity contribution >= 4 is 17.3 Å². The average Bonchev–Trinajstić information content (AvgIpc) is 2.88. The molecule has 1 aliphatic carbocycles. The molecular weight excluding hydrogens is 286 g/mol. The summed E-state index contributed by atoms with van der Waals surface area (Å²) in [5.74, 6) is 2.10. The van der Waals surface area contributed by atoms with E-state index in [1.807, 2.05) is 16.8 Å². The lowest BCUT2D eigenvalue weighted by Gasteiger charge is -2.28. The first-order chi connectivity index (χ1) is 10.1. The first kappa shape index (κ1) is 14.3. The van der Waals surface area contributed by atoms with Crippen LogP contribution in [-0.4, -0.2) is 20.2 Å². The lowest BCUT2D eigenvalue weighted by Crippen LogP contribution is -2.23. The summed E-state index contributed by atoms with van der Waals surface area (Å²) in [5.41, 5.74) is 7.35. The highest BCUT2D eigenvalue weighted by Crippen LogP contribution is 2.32. The molecule has 1 aromatic carbocycles. The van der Waals surface area contributed by atoms with Gasteiger partial charge in [-0.3, -0.25) is 0 Å². The van der Waals surface area contributed by atoms with Crippen LogP contribution >= 0.6 is 11.6 Å². The zero-order chi connectivity index (χ0) is 14.8. The number of hydrogen-bond donors (Lipinski definition) is 1. The molecule has 0 saturated heterocycles. The molecule has 0 amide bonds. The Bertz CT molecular complexity index is 604. The number of aromatic nitrogens is 4. The molecule has 2 atom stereocenters. The number of nitrogens with zero attached hydrogens (tertiary/aromatic N) is 4. The number of hydrogen-bond acceptors (Lipinski definition) is 4. The summed E-state index contributed by atoms with van der Waals surface area (Å²) >= 11 is 6.08. The van der Waals surface area contributed by atoms with Crippen LogP contribution in [0, 0.1) is 11.8 Å². The summed E-state index contributed by atoms with van der Waals surface area (Å²) in [7, 11) is 0. The minimum atomic E-state index is 0.602. The summed E-state index contributed by atoms with van der Waals surface area (Å²) in [5, 5.41) is 12.7. The van der Waals surface area contributed by atoms with E-state index in [1.54, 1.807) is 6.07 Å². The third-order valence-corrected chi connectivity index (χ3v) is 4.62. The molecule has 1 heterocycles. The van der Waals surface area contributed by atoms with E-state index >= 15 is 0 Å². The highest BCUT2D eigenvalue weighted by atomic mass is 35.5. The van der Waals surface area contributed by atoms with E-state index in [0.717, 1.165) is 23.9 Å². The molecule has 1 aliphatic rings. The van der Waals surface area contributed by atoms with Crippen molar-refractivity contribution in [2.24, 2.45) is 11.8 Å². The molecule has 112 valence electrons. The van der Waals surface area contributed by atoms with Gasteiger partial charge in [0.25, 0.3) is 0 Å². The average molecular weight is 306 g/mol. The molecule has 2 N–H and O–H groups in total. The van der Waals surface area contributed by atoms with Crippen molar-refractivity contribution in [2.75, 3.05) is 5.73 Å². The Kier molecular flexibility index (Phi) is 4.10. The fraction of sp³-hybridized carbons (Fsp3) is 0.533. The number of nitrogens with two attached hydrogens (primary N) is 1. The van der Waals surface area contributed by atoms with E-state index < -0.39 is 0 Å². The maximum absolute atomic E-state index is 6.08. The summed E-state index contributed by atoms with van der Waals surface area (Å²) in [6.07, 6.45) is 5.19. The lowest BCUT2D eigenvalue weighted by molar-refractivity contribution is 0.221. The minimum absolute atomic E-state index is 0.602. The molecule has 0 radical (unpaired) electrons. The van der Waals surface area contributed by atoms with Gasteiger partial charge in [-0.15, -0.1) is 5.10 Å². The maximum atomic E-state index is 6.08. The van der Waals surface area contributed by atoms with E-state index in [0.29, 0.717) is 16.6 Å². The lowest BCUT2D eigenvalue weighted by atomic mass is 9.80. The fourth-order valence-electron chi connectivity index (χ4n) is 3.16. The number of benzene rings is 1. The normalized spacial score (nSPS) is 22.4. The second-order valence-electron chi connectivity index (χ2n) is 5.98. The number of halogens is 1. The predicted octanol–water partition coefficient (Wildman–Crippen LogP) is 3.40. The van der Waals surface area contributed by atoms with Crippen molar-refractivity contribution in [3.63, 3.8) is 0 Å². The highest BCUT2D eigenvalue weighted by molar-refractivity contribution is 6.31. The quantitative estimate of drug-likeness (QED) is 0.882. The number of tetrazole rings is 1. The summed E-state index contributed by atoms with van der Waals surface area (Å²) in [6, 6.07) is 5.44. The molecule has 0 bridgehead atoms. The second kappa shape index (κ2) is 6.02. The number of rotatable bonds is 3. The molecule has 1 fully saturated rings. The SMILES string of the molecule is CC1CCCCC1Cn1nnnc1-c1cc(N)cc(Cl)c1. The van der Waals surface area contributed by atoms with Gasteiger partial charge in [-0.05, 0) is 46.9 Å². The van der Waals surface area contributed by atoms with E-state index in [-0.39, 0.29) is 0 Å². The van der Waals surface area contributed by atoms with E-state index in [9.17, 15) is 0 Å². The van der Waals surface area contributed by atoms with Crippen LogP contribution in [0.1, 0.15) is 32.6 Å². The van der Waals surface area contributed by atoms with Crippen LogP contribution in [0.2, 0.25) is 5.02 Å². The Morgan fingerprint density at radius 2 is 2.10 bits per heavy atom. The van der Waals surface area contributed by atoms with E-state index in [2.05, 4.69) is 22.4 Å². The van der Waals surface area contributed by atoms with Crippen molar-refractivity contribution in [2.45, 2.75) is 39.2 Å². The summed E-state index contributed by atoms with van der Waals surface area (Å²) in [6.45, 7) is 3.18. The largest absolute Gasteiger partial charge is 0.399 e. The van der Waals surface area contributed by atoms with Crippen LogP contribution in [0.15, 0.2) is 18.2 Å². The van der Waals surface area contributed by atoms with Gasteiger partial charge >= 0.3 is 0 Å². The van der Waals surface area contributed by atoms with Gasteiger partial charge < -0.3 is 5.73 Å². The molecule has 2 aromatic rings. The van der Waals surface area contributed by atoms with Crippen LogP contribution < -0.4 is 5.73 Å². The first-order valence-electron chi connectivity index (χ1n) is 7.46. The Hall–Kier alpha value is -1.62. The smallest absolute Gasteiger partial charge is 0.182 e. The monoisotopic (exact) mass is 305 g/mol. The van der Waals surface area contributed by atoms with Gasteiger partial charge in [-0.1, -0.05) is 37.8 Å². The van der Waals surface area contributed by atoms with Gasteiger partial charge in [0.1, 0.15) is 0 Å². The molecule has 0 aliphatic heterocycles. The van der Waals surface area contributed by atoms with Crippen molar-refractivity contribution in [3.8, 4) is 11.4 Å². The van der Waals surface area contributed by atoms with Crippen molar-refractivity contribution in [1.29, 1.82) is 0 Å². The molecule has 5 nitrogen and oxygen atoms in total. The zero-order valence-corrected chi connectivity index (χ0v) is 12.9. The Morgan fingerprint density at radius 3 is 2.86 bits per heavy atom. The highest BCUT2D eigenvalue weighted by Gasteiger charge is 2.23. The molecule has 2 unspecified atom stereocenters. The van der Waals surface area contributed by atoms with E-state index in [1.165, 1.54) is 25.7 Å². The van der Waals surface area contributed by atoms with E-state index in [4.69, 9.17) is 17.3 Å². The summed E-state index contributed by atoms with van der Waals surface area (Å²) in [4.78, 5) is 0. The predicted molar refractivity (Wildman–Crippen MR) is 83.8 cm³/mol. The second-order valence-corrected chi connectivity index (χ2v) is 6.42. The van der Waals surface area contributed by atoms with Crippen LogP contribution in [0.3, 0.4) is 0 Å². The zero-order valence-electron chi connectivity index (χ0n) is 12.2.